The van der Waals surface area contributed by atoms with E-state index in [4.69, 9.17) is 16.3 Å². The summed E-state index contributed by atoms with van der Waals surface area (Å²) in [6, 6.07) is 6.62. The van der Waals surface area contributed by atoms with Gasteiger partial charge in [-0.05, 0) is 24.3 Å². The van der Waals surface area contributed by atoms with Crippen LogP contribution in [-0.2, 0) is 0 Å². The first-order chi connectivity index (χ1) is 8.72. The van der Waals surface area contributed by atoms with E-state index in [2.05, 4.69) is 15.3 Å². The van der Waals surface area contributed by atoms with E-state index in [0.29, 0.717) is 11.3 Å². The van der Waals surface area contributed by atoms with Crippen LogP contribution in [-0.4, -0.2) is 23.0 Å². The lowest BCUT2D eigenvalue weighted by molar-refractivity contribution is 0.102. The van der Waals surface area contributed by atoms with Crippen LogP contribution in [0.1, 0.15) is 10.4 Å². The molecule has 0 aliphatic heterocycles. The Morgan fingerprint density at radius 1 is 1.28 bits per heavy atom. The van der Waals surface area contributed by atoms with Crippen LogP contribution in [0.15, 0.2) is 36.7 Å². The van der Waals surface area contributed by atoms with Gasteiger partial charge in [-0.1, -0.05) is 11.6 Å². The Bertz CT molecular complexity index is 575. The summed E-state index contributed by atoms with van der Waals surface area (Å²) in [5.74, 6) is -0.0927. The minimum absolute atomic E-state index is 0.230. The van der Waals surface area contributed by atoms with Crippen molar-refractivity contribution in [2.45, 2.75) is 0 Å². The van der Waals surface area contributed by atoms with Crippen molar-refractivity contribution in [3.8, 4) is 5.88 Å². The lowest BCUT2D eigenvalue weighted by atomic mass is 10.2. The molecule has 0 fully saturated rings. The number of nitrogens with one attached hydrogen (secondary N) is 1. The molecule has 2 rings (SSSR count). The summed E-state index contributed by atoms with van der Waals surface area (Å²) < 4.78 is 5.01. The third-order valence-corrected chi connectivity index (χ3v) is 2.52. The molecule has 2 heterocycles. The molecule has 1 amide bonds. The smallest absolute Gasteiger partial charge is 0.261 e. The Kier molecular flexibility index (Phi) is 3.74. The number of ether oxygens (including phenoxy) is 1. The molecule has 5 nitrogen and oxygen atoms in total. The number of nitrogens with zero attached hydrogens (tertiary/aromatic N) is 2. The zero-order valence-electron chi connectivity index (χ0n) is 9.55. The van der Waals surface area contributed by atoms with Gasteiger partial charge < -0.3 is 10.1 Å². The summed E-state index contributed by atoms with van der Waals surface area (Å²) >= 11 is 5.86. The van der Waals surface area contributed by atoms with E-state index in [1.54, 1.807) is 36.7 Å². The first kappa shape index (κ1) is 12.3. The van der Waals surface area contributed by atoms with Crippen molar-refractivity contribution < 1.29 is 9.53 Å². The Labute approximate surface area is 109 Å². The van der Waals surface area contributed by atoms with Crippen molar-refractivity contribution in [1.82, 2.24) is 9.97 Å². The Morgan fingerprint density at radius 2 is 2.00 bits per heavy atom. The summed E-state index contributed by atoms with van der Waals surface area (Å²) in [6.07, 6.45) is 3.09. The van der Waals surface area contributed by atoms with Crippen LogP contribution in [0.5, 0.6) is 5.88 Å². The molecule has 0 radical (unpaired) electrons. The fourth-order valence-corrected chi connectivity index (χ4v) is 1.56. The van der Waals surface area contributed by atoms with Crippen molar-refractivity contribution in [2.24, 2.45) is 0 Å². The first-order valence-electron chi connectivity index (χ1n) is 5.13. The van der Waals surface area contributed by atoms with Crippen LogP contribution in [0.2, 0.25) is 5.15 Å². The fraction of sp³-hybridized carbons (Fsp3) is 0.0833. The van der Waals surface area contributed by atoms with Crippen molar-refractivity contribution >= 4 is 23.2 Å². The van der Waals surface area contributed by atoms with Gasteiger partial charge in [0.25, 0.3) is 5.91 Å². The van der Waals surface area contributed by atoms with Gasteiger partial charge in [0.1, 0.15) is 5.56 Å². The molecule has 0 bridgehead atoms. The van der Waals surface area contributed by atoms with Gasteiger partial charge in [-0.25, -0.2) is 9.97 Å². The number of pyridine rings is 2. The monoisotopic (exact) mass is 263 g/mol. The van der Waals surface area contributed by atoms with Gasteiger partial charge in [-0.3, -0.25) is 4.79 Å². The first-order valence-corrected chi connectivity index (χ1v) is 5.51. The van der Waals surface area contributed by atoms with Crippen LogP contribution >= 0.6 is 11.6 Å². The Morgan fingerprint density at radius 3 is 2.72 bits per heavy atom. The predicted octanol–water partition coefficient (Wildman–Crippen LogP) is 2.39. The summed E-state index contributed by atoms with van der Waals surface area (Å²) in [7, 11) is 1.45. The van der Waals surface area contributed by atoms with Gasteiger partial charge in [-0.15, -0.1) is 0 Å². The maximum Gasteiger partial charge on any atom is 0.261 e. The minimum Gasteiger partial charge on any atom is -0.480 e. The van der Waals surface area contributed by atoms with E-state index in [9.17, 15) is 4.79 Å². The third kappa shape index (κ3) is 2.57. The molecule has 6 heteroatoms. The zero-order valence-corrected chi connectivity index (χ0v) is 10.3. The van der Waals surface area contributed by atoms with Gasteiger partial charge >= 0.3 is 0 Å². The van der Waals surface area contributed by atoms with Gasteiger partial charge in [0.05, 0.1) is 12.8 Å². The molecule has 2 aromatic rings. The standard InChI is InChI=1S/C12H10ClN3O2/c1-18-12-8(4-2-7-15-12)11(17)16-9-5-3-6-14-10(9)13/h2-7H,1H3,(H,16,17). The average molecular weight is 264 g/mol. The molecular weight excluding hydrogens is 254 g/mol. The van der Waals surface area contributed by atoms with E-state index in [-0.39, 0.29) is 16.9 Å². The molecule has 92 valence electrons. The second-order valence-electron chi connectivity index (χ2n) is 3.36. The maximum atomic E-state index is 12.0. The molecule has 1 N–H and O–H groups in total. The van der Waals surface area contributed by atoms with Gasteiger partial charge in [0, 0.05) is 12.4 Å². The maximum absolute atomic E-state index is 12.0. The number of aromatic nitrogens is 2. The average Bonchev–Trinajstić information content (AvgIpc) is 2.41. The molecule has 2 aromatic heterocycles. The predicted molar refractivity (Wildman–Crippen MR) is 68.0 cm³/mol. The number of halogens is 1. The lowest BCUT2D eigenvalue weighted by Gasteiger charge is -2.08. The van der Waals surface area contributed by atoms with Crippen LogP contribution < -0.4 is 10.1 Å². The van der Waals surface area contributed by atoms with E-state index in [0.717, 1.165) is 0 Å². The third-order valence-electron chi connectivity index (χ3n) is 2.22. The van der Waals surface area contributed by atoms with E-state index in [1.807, 2.05) is 0 Å². The summed E-state index contributed by atoms with van der Waals surface area (Å²) in [4.78, 5) is 19.9. The van der Waals surface area contributed by atoms with Gasteiger partial charge in [-0.2, -0.15) is 0 Å². The van der Waals surface area contributed by atoms with E-state index < -0.39 is 0 Å². The highest BCUT2D eigenvalue weighted by molar-refractivity contribution is 6.32. The number of hydrogen-bond donors (Lipinski definition) is 1. The Balaban J connectivity index is 2.25. The highest BCUT2D eigenvalue weighted by Crippen LogP contribution is 2.20. The molecule has 0 aromatic carbocycles. The fourth-order valence-electron chi connectivity index (χ4n) is 1.40. The van der Waals surface area contributed by atoms with Crippen molar-refractivity contribution in [3.63, 3.8) is 0 Å². The number of methoxy groups -OCH3 is 1. The molecule has 0 atom stereocenters. The quantitative estimate of drug-likeness (QED) is 0.864. The number of rotatable bonds is 3. The number of carbonyl (C=O) groups excluding carboxylic acids is 1. The van der Waals surface area contributed by atoms with Crippen LogP contribution in [0.25, 0.3) is 0 Å². The molecule has 18 heavy (non-hydrogen) atoms. The number of carbonyl (C=O) groups is 1. The molecule has 0 unspecified atom stereocenters. The topological polar surface area (TPSA) is 64.1 Å². The number of amides is 1. The second-order valence-corrected chi connectivity index (χ2v) is 3.71. The minimum atomic E-state index is -0.352. The van der Waals surface area contributed by atoms with Gasteiger partial charge in [0.15, 0.2) is 5.15 Å². The van der Waals surface area contributed by atoms with E-state index in [1.165, 1.54) is 7.11 Å². The highest BCUT2D eigenvalue weighted by Gasteiger charge is 2.14. The molecule has 0 aliphatic carbocycles. The summed E-state index contributed by atoms with van der Waals surface area (Å²) in [5.41, 5.74) is 0.773. The van der Waals surface area contributed by atoms with Crippen molar-refractivity contribution in [1.29, 1.82) is 0 Å². The van der Waals surface area contributed by atoms with Crippen molar-refractivity contribution in [3.05, 3.63) is 47.4 Å². The largest absolute Gasteiger partial charge is 0.480 e. The normalized spacial score (nSPS) is 9.89. The van der Waals surface area contributed by atoms with Crippen LogP contribution in [0.3, 0.4) is 0 Å². The highest BCUT2D eigenvalue weighted by atomic mass is 35.5. The molecule has 0 aliphatic rings. The number of anilines is 1. The molecule has 0 saturated heterocycles. The molecular formula is C12H10ClN3O2. The van der Waals surface area contributed by atoms with Crippen LogP contribution in [0.4, 0.5) is 5.69 Å². The van der Waals surface area contributed by atoms with Crippen molar-refractivity contribution in [2.75, 3.05) is 12.4 Å². The molecule has 0 saturated carbocycles. The number of hydrogen-bond acceptors (Lipinski definition) is 4. The second kappa shape index (κ2) is 5.46. The Hall–Kier alpha value is -2.14. The van der Waals surface area contributed by atoms with Gasteiger partial charge in [0.2, 0.25) is 5.88 Å². The van der Waals surface area contributed by atoms with E-state index >= 15 is 0 Å². The summed E-state index contributed by atoms with van der Waals surface area (Å²) in [6.45, 7) is 0. The zero-order chi connectivity index (χ0) is 13.0. The van der Waals surface area contributed by atoms with Crippen LogP contribution in [0, 0.1) is 0 Å². The SMILES string of the molecule is COc1ncccc1C(=O)Nc1cccnc1Cl. The molecule has 0 spiro atoms. The lowest BCUT2D eigenvalue weighted by Crippen LogP contribution is -2.14. The summed E-state index contributed by atoms with van der Waals surface area (Å²) in [5, 5.41) is 2.88.